The third-order valence-corrected chi connectivity index (χ3v) is 5.13. The number of nitrogens with two attached hydrogens (primary N) is 4. The van der Waals surface area contributed by atoms with E-state index in [9.17, 15) is 4.21 Å². The predicted octanol–water partition coefficient (Wildman–Crippen LogP) is 2.50. The van der Waals surface area contributed by atoms with Crippen LogP contribution in [0.15, 0.2) is 76.8 Å². The van der Waals surface area contributed by atoms with Gasteiger partial charge in [0.25, 0.3) is 0 Å². The smallest absolute Gasteiger partial charge is 0.133 e. The van der Waals surface area contributed by atoms with Gasteiger partial charge in [-0.1, -0.05) is 54.1 Å². The van der Waals surface area contributed by atoms with Crippen molar-refractivity contribution in [2.75, 3.05) is 5.73 Å². The summed E-state index contributed by atoms with van der Waals surface area (Å²) < 4.78 is 12.9. The van der Waals surface area contributed by atoms with Gasteiger partial charge < -0.3 is 17.2 Å². The van der Waals surface area contributed by atoms with Gasteiger partial charge in [-0.25, -0.2) is 14.0 Å². The first kappa shape index (κ1) is 20.7. The number of rotatable bonds is 6. The molecule has 0 aliphatic heterocycles. The maximum absolute atomic E-state index is 11.4. The average molecular weight is 429 g/mol. The molecule has 0 aliphatic carbocycles. The monoisotopic (exact) mass is 428 g/mol. The van der Waals surface area contributed by atoms with E-state index in [1.165, 1.54) is 16.8 Å². The first-order valence-corrected chi connectivity index (χ1v) is 10.2. The number of hydrogen-bond acceptors (Lipinski definition) is 5. The summed E-state index contributed by atoms with van der Waals surface area (Å²) in [5.74, 6) is 0.689. The lowest BCUT2D eigenvalue weighted by atomic mass is 10.0. The Balaban J connectivity index is 2.07. The molecule has 1 atom stereocenters. The van der Waals surface area contributed by atoms with E-state index in [0.29, 0.717) is 22.8 Å². The second-order valence-corrected chi connectivity index (χ2v) is 7.75. The van der Waals surface area contributed by atoms with Gasteiger partial charge in [-0.05, 0) is 29.8 Å². The standard InChI is InChI=1S/C20H21ClN6OS/c21-17(22)10-11-18(23)27-20(24)16(19(26-27)14-4-2-1-3-5-14)12-13-6-8-15(9-7-13)29(25)28/h1-11H,12,22-25H2/b17-10-,18-11+. The topological polar surface area (TPSA) is 139 Å². The Morgan fingerprint density at radius 1 is 1.07 bits per heavy atom. The second kappa shape index (κ2) is 8.95. The number of benzene rings is 2. The normalized spacial score (nSPS) is 13.4. The zero-order chi connectivity index (χ0) is 21.0. The zero-order valence-corrected chi connectivity index (χ0v) is 17.0. The number of nitrogens with zero attached hydrogens (tertiary/aromatic N) is 2. The molecule has 0 amide bonds. The van der Waals surface area contributed by atoms with E-state index in [2.05, 4.69) is 5.10 Å². The molecule has 150 valence electrons. The summed E-state index contributed by atoms with van der Waals surface area (Å²) in [5, 5.41) is 10.1. The molecule has 0 fully saturated rings. The number of nitrogen functional groups attached to an aromatic ring is 1. The summed E-state index contributed by atoms with van der Waals surface area (Å²) in [4.78, 5) is 0.554. The molecule has 1 unspecified atom stereocenters. The van der Waals surface area contributed by atoms with Crippen molar-refractivity contribution in [3.8, 4) is 11.3 Å². The van der Waals surface area contributed by atoms with Crippen LogP contribution >= 0.6 is 11.6 Å². The van der Waals surface area contributed by atoms with Crippen molar-refractivity contribution < 1.29 is 4.21 Å². The van der Waals surface area contributed by atoms with E-state index in [1.54, 1.807) is 12.1 Å². The minimum Gasteiger partial charge on any atom is -0.389 e. The molecule has 0 bridgehead atoms. The summed E-state index contributed by atoms with van der Waals surface area (Å²) in [5.41, 5.74) is 21.4. The highest BCUT2D eigenvalue weighted by molar-refractivity contribution is 7.82. The van der Waals surface area contributed by atoms with Crippen LogP contribution in [0.2, 0.25) is 0 Å². The molecule has 2 aromatic carbocycles. The Morgan fingerprint density at radius 2 is 1.72 bits per heavy atom. The van der Waals surface area contributed by atoms with Crippen molar-refractivity contribution >= 4 is 34.2 Å². The molecule has 0 saturated heterocycles. The predicted molar refractivity (Wildman–Crippen MR) is 119 cm³/mol. The van der Waals surface area contributed by atoms with Crippen molar-refractivity contribution in [2.24, 2.45) is 16.6 Å². The molecule has 0 aliphatic rings. The Kier molecular flexibility index (Phi) is 6.38. The Morgan fingerprint density at radius 3 is 2.31 bits per heavy atom. The summed E-state index contributed by atoms with van der Waals surface area (Å²) in [6.45, 7) is 0. The lowest BCUT2D eigenvalue weighted by molar-refractivity contribution is 0.684. The average Bonchev–Trinajstić information content (AvgIpc) is 3.03. The van der Waals surface area contributed by atoms with Crippen molar-refractivity contribution in [1.82, 2.24) is 9.78 Å². The van der Waals surface area contributed by atoms with Crippen LogP contribution in [-0.2, 0) is 17.4 Å². The van der Waals surface area contributed by atoms with E-state index in [4.69, 9.17) is 33.9 Å². The molecule has 0 saturated carbocycles. The van der Waals surface area contributed by atoms with E-state index in [-0.39, 0.29) is 11.0 Å². The van der Waals surface area contributed by atoms with Crippen LogP contribution < -0.4 is 22.3 Å². The molecular weight excluding hydrogens is 408 g/mol. The van der Waals surface area contributed by atoms with Crippen molar-refractivity contribution in [1.29, 1.82) is 0 Å². The van der Waals surface area contributed by atoms with Crippen LogP contribution in [0, 0.1) is 0 Å². The second-order valence-electron chi connectivity index (χ2n) is 6.25. The molecule has 1 heterocycles. The minimum absolute atomic E-state index is 0.0968. The van der Waals surface area contributed by atoms with E-state index in [0.717, 1.165) is 16.7 Å². The van der Waals surface area contributed by atoms with E-state index >= 15 is 0 Å². The van der Waals surface area contributed by atoms with Gasteiger partial charge in [0.05, 0.1) is 15.7 Å². The van der Waals surface area contributed by atoms with Gasteiger partial charge >= 0.3 is 0 Å². The minimum atomic E-state index is -1.52. The van der Waals surface area contributed by atoms with E-state index in [1.807, 2.05) is 42.5 Å². The van der Waals surface area contributed by atoms with Gasteiger partial charge in [-0.2, -0.15) is 5.10 Å². The fraction of sp³-hybridized carbons (Fsp3) is 0.0500. The molecule has 0 radical (unpaired) electrons. The van der Waals surface area contributed by atoms with Gasteiger partial charge in [0.15, 0.2) is 0 Å². The molecular formula is C20H21ClN6OS. The Labute approximate surface area is 176 Å². The molecule has 7 nitrogen and oxygen atoms in total. The molecule has 3 aromatic rings. The van der Waals surface area contributed by atoms with Crippen molar-refractivity contribution in [3.63, 3.8) is 0 Å². The quantitative estimate of drug-likeness (QED) is 0.353. The van der Waals surface area contributed by atoms with Gasteiger partial charge in [-0.3, -0.25) is 0 Å². The highest BCUT2D eigenvalue weighted by Gasteiger charge is 2.18. The fourth-order valence-electron chi connectivity index (χ4n) is 2.84. The maximum atomic E-state index is 11.4. The molecule has 9 heteroatoms. The van der Waals surface area contributed by atoms with Crippen LogP contribution in [0.25, 0.3) is 17.1 Å². The lowest BCUT2D eigenvalue weighted by Crippen LogP contribution is -2.11. The van der Waals surface area contributed by atoms with Crippen LogP contribution in [0.4, 0.5) is 5.82 Å². The first-order valence-electron chi connectivity index (χ1n) is 8.63. The summed E-state index contributed by atoms with van der Waals surface area (Å²) in [6.07, 6.45) is 3.51. The van der Waals surface area contributed by atoms with Gasteiger partial charge in [0.1, 0.15) is 22.6 Å². The fourth-order valence-corrected chi connectivity index (χ4v) is 3.31. The van der Waals surface area contributed by atoms with Gasteiger partial charge in [0.2, 0.25) is 0 Å². The zero-order valence-electron chi connectivity index (χ0n) is 15.5. The molecule has 1 aromatic heterocycles. The highest BCUT2D eigenvalue weighted by Crippen LogP contribution is 2.30. The summed E-state index contributed by atoms with van der Waals surface area (Å²) in [6, 6.07) is 16.9. The third kappa shape index (κ3) is 4.86. The maximum Gasteiger partial charge on any atom is 0.133 e. The number of halogens is 1. The summed E-state index contributed by atoms with van der Waals surface area (Å²) in [7, 11) is -1.52. The molecule has 3 rings (SSSR count). The van der Waals surface area contributed by atoms with E-state index < -0.39 is 11.0 Å². The van der Waals surface area contributed by atoms with Gasteiger partial charge in [-0.15, -0.1) is 0 Å². The number of allylic oxidation sites excluding steroid dienone is 2. The van der Waals surface area contributed by atoms with Crippen LogP contribution in [-0.4, -0.2) is 14.0 Å². The first-order chi connectivity index (χ1) is 13.9. The van der Waals surface area contributed by atoms with Gasteiger partial charge in [0, 0.05) is 17.5 Å². The molecule has 0 spiro atoms. The summed E-state index contributed by atoms with van der Waals surface area (Å²) >= 11 is 5.67. The van der Waals surface area contributed by atoms with Crippen molar-refractivity contribution in [3.05, 3.63) is 83.0 Å². The third-order valence-electron chi connectivity index (χ3n) is 4.26. The lowest BCUT2D eigenvalue weighted by Gasteiger charge is -2.06. The Hall–Kier alpha value is -3.07. The largest absolute Gasteiger partial charge is 0.389 e. The number of hydrogen-bond donors (Lipinski definition) is 4. The molecule has 8 N–H and O–H groups in total. The van der Waals surface area contributed by atoms with Crippen LogP contribution in [0.5, 0.6) is 0 Å². The van der Waals surface area contributed by atoms with Crippen molar-refractivity contribution in [2.45, 2.75) is 11.3 Å². The highest BCUT2D eigenvalue weighted by atomic mass is 35.5. The Bertz CT molecular complexity index is 1090. The SMILES string of the molecule is N/C(Cl)=C\C=C(/N)n1nc(-c2ccccc2)c(Cc2ccc(S(N)=O)cc2)c1N. The van der Waals surface area contributed by atoms with Crippen LogP contribution in [0.3, 0.4) is 0 Å². The number of aromatic nitrogens is 2. The number of anilines is 1. The van der Waals surface area contributed by atoms with Crippen LogP contribution in [0.1, 0.15) is 11.1 Å². The molecule has 29 heavy (non-hydrogen) atoms.